The number of ketones is 1. The number of Topliss-reactive ketones (excluding diaryl/α,β-unsaturated/α-hetero) is 1. The van der Waals surface area contributed by atoms with Gasteiger partial charge in [-0.2, -0.15) is 11.3 Å². The lowest BCUT2D eigenvalue weighted by Crippen LogP contribution is -2.16. The topological polar surface area (TPSA) is 43.4 Å². The average Bonchev–Trinajstić information content (AvgIpc) is 2.93. The van der Waals surface area contributed by atoms with Crippen LogP contribution in [0.15, 0.2) is 16.8 Å². The third-order valence-corrected chi connectivity index (χ3v) is 3.85. The fraction of sp³-hybridized carbons (Fsp3) is 0.600. The van der Waals surface area contributed by atoms with Gasteiger partial charge in [-0.25, -0.2) is 0 Å². The van der Waals surface area contributed by atoms with Gasteiger partial charge in [0.15, 0.2) is 5.78 Å². The molecule has 0 saturated carbocycles. The molecule has 19 heavy (non-hydrogen) atoms. The van der Waals surface area contributed by atoms with E-state index in [1.807, 2.05) is 5.38 Å². The summed E-state index contributed by atoms with van der Waals surface area (Å²) in [5, 5.41) is 3.59. The summed E-state index contributed by atoms with van der Waals surface area (Å²) in [6.45, 7) is 4.69. The van der Waals surface area contributed by atoms with E-state index in [0.717, 1.165) is 25.7 Å². The van der Waals surface area contributed by atoms with Gasteiger partial charge in [0.25, 0.3) is 0 Å². The maximum absolute atomic E-state index is 11.7. The number of thiophene rings is 1. The molecule has 4 heteroatoms. The Kier molecular flexibility index (Phi) is 7.41. The molecule has 0 aliphatic heterocycles. The minimum atomic E-state index is -0.411. The Balaban J connectivity index is 2.29. The molecular weight excluding hydrogens is 260 g/mol. The van der Waals surface area contributed by atoms with Crippen LogP contribution in [-0.2, 0) is 9.53 Å². The normalized spacial score (nSPS) is 12.1. The second-order valence-corrected chi connectivity index (χ2v) is 5.49. The van der Waals surface area contributed by atoms with Gasteiger partial charge in [-0.3, -0.25) is 9.59 Å². The number of esters is 1. The average molecular weight is 282 g/mol. The predicted molar refractivity (Wildman–Crippen MR) is 77.5 cm³/mol. The first-order valence-electron chi connectivity index (χ1n) is 6.88. The van der Waals surface area contributed by atoms with E-state index in [2.05, 4.69) is 13.8 Å². The smallest absolute Gasteiger partial charge is 0.313 e. The molecular formula is C15H22O3S. The van der Waals surface area contributed by atoms with Gasteiger partial charge in [0.1, 0.15) is 6.42 Å². The molecule has 0 aliphatic rings. The quantitative estimate of drug-likeness (QED) is 0.389. The van der Waals surface area contributed by atoms with Crippen LogP contribution in [0, 0.1) is 5.92 Å². The van der Waals surface area contributed by atoms with Crippen LogP contribution in [-0.4, -0.2) is 18.4 Å². The third-order valence-electron chi connectivity index (χ3n) is 3.17. The summed E-state index contributed by atoms with van der Waals surface area (Å²) in [5.41, 5.74) is 0.597. The van der Waals surface area contributed by atoms with Gasteiger partial charge in [0.2, 0.25) is 0 Å². The molecule has 3 nitrogen and oxygen atoms in total. The van der Waals surface area contributed by atoms with E-state index < -0.39 is 5.97 Å². The standard InChI is InChI=1S/C15H22O3S/c1-3-5-6-12(4-2)10-18-15(17)9-14(16)13-7-8-19-11-13/h7-8,11-12H,3-6,9-10H2,1-2H3. The van der Waals surface area contributed by atoms with Crippen molar-refractivity contribution in [1.82, 2.24) is 0 Å². The summed E-state index contributed by atoms with van der Waals surface area (Å²) in [6, 6.07) is 1.73. The summed E-state index contributed by atoms with van der Waals surface area (Å²) in [4.78, 5) is 23.3. The van der Waals surface area contributed by atoms with Gasteiger partial charge in [-0.1, -0.05) is 33.1 Å². The van der Waals surface area contributed by atoms with Crippen molar-refractivity contribution in [2.45, 2.75) is 46.0 Å². The Hall–Kier alpha value is -1.16. The van der Waals surface area contributed by atoms with E-state index in [1.54, 1.807) is 11.4 Å². The molecule has 1 unspecified atom stereocenters. The highest BCUT2D eigenvalue weighted by atomic mass is 32.1. The van der Waals surface area contributed by atoms with Gasteiger partial charge in [-0.15, -0.1) is 0 Å². The lowest BCUT2D eigenvalue weighted by molar-refractivity contribution is -0.144. The van der Waals surface area contributed by atoms with E-state index in [9.17, 15) is 9.59 Å². The number of carbonyl (C=O) groups excluding carboxylic acids is 2. The van der Waals surface area contributed by atoms with E-state index in [-0.39, 0.29) is 12.2 Å². The van der Waals surface area contributed by atoms with Crippen LogP contribution in [0.1, 0.15) is 56.3 Å². The molecule has 0 amide bonds. The minimum Gasteiger partial charge on any atom is -0.465 e. The van der Waals surface area contributed by atoms with Crippen LogP contribution in [0.5, 0.6) is 0 Å². The van der Waals surface area contributed by atoms with Crippen molar-refractivity contribution in [3.63, 3.8) is 0 Å². The highest BCUT2D eigenvalue weighted by Crippen LogP contribution is 2.14. The number of ether oxygens (including phenoxy) is 1. The van der Waals surface area contributed by atoms with Gasteiger partial charge >= 0.3 is 5.97 Å². The first-order valence-corrected chi connectivity index (χ1v) is 7.82. The first-order chi connectivity index (χ1) is 9.17. The molecule has 0 radical (unpaired) electrons. The van der Waals surface area contributed by atoms with Crippen molar-refractivity contribution in [3.8, 4) is 0 Å². The molecule has 1 atom stereocenters. The Bertz CT molecular complexity index is 384. The molecule has 1 aromatic heterocycles. The highest BCUT2D eigenvalue weighted by molar-refractivity contribution is 7.08. The van der Waals surface area contributed by atoms with Crippen molar-refractivity contribution < 1.29 is 14.3 Å². The van der Waals surface area contributed by atoms with Crippen LogP contribution < -0.4 is 0 Å². The fourth-order valence-electron chi connectivity index (χ4n) is 1.82. The molecule has 1 heterocycles. The van der Waals surface area contributed by atoms with Crippen LogP contribution in [0.2, 0.25) is 0 Å². The molecule has 106 valence electrons. The Morgan fingerprint density at radius 1 is 1.37 bits per heavy atom. The molecule has 0 aliphatic carbocycles. The molecule has 1 aromatic rings. The molecule has 1 rings (SSSR count). The van der Waals surface area contributed by atoms with E-state index >= 15 is 0 Å². The van der Waals surface area contributed by atoms with Crippen LogP contribution in [0.3, 0.4) is 0 Å². The lowest BCUT2D eigenvalue weighted by atomic mass is 10.0. The second kappa shape index (κ2) is 8.86. The van der Waals surface area contributed by atoms with Crippen LogP contribution >= 0.6 is 11.3 Å². The Morgan fingerprint density at radius 2 is 2.16 bits per heavy atom. The van der Waals surface area contributed by atoms with Gasteiger partial charge in [0, 0.05) is 10.9 Å². The zero-order chi connectivity index (χ0) is 14.1. The first kappa shape index (κ1) is 15.9. The van der Waals surface area contributed by atoms with Crippen molar-refractivity contribution in [1.29, 1.82) is 0 Å². The van der Waals surface area contributed by atoms with E-state index in [4.69, 9.17) is 4.74 Å². The number of hydrogen-bond donors (Lipinski definition) is 0. The van der Waals surface area contributed by atoms with Crippen molar-refractivity contribution in [2.24, 2.45) is 5.92 Å². The zero-order valence-electron chi connectivity index (χ0n) is 11.7. The Labute approximate surface area is 119 Å². The Morgan fingerprint density at radius 3 is 2.74 bits per heavy atom. The largest absolute Gasteiger partial charge is 0.465 e. The molecule has 0 fully saturated rings. The van der Waals surface area contributed by atoms with Crippen LogP contribution in [0.25, 0.3) is 0 Å². The lowest BCUT2D eigenvalue weighted by Gasteiger charge is -2.14. The number of carbonyl (C=O) groups is 2. The molecule has 0 aromatic carbocycles. The van der Waals surface area contributed by atoms with Gasteiger partial charge in [0.05, 0.1) is 6.61 Å². The molecule has 0 spiro atoms. The summed E-state index contributed by atoms with van der Waals surface area (Å²) in [6.07, 6.45) is 4.25. The zero-order valence-corrected chi connectivity index (χ0v) is 12.5. The van der Waals surface area contributed by atoms with Crippen molar-refractivity contribution in [3.05, 3.63) is 22.4 Å². The van der Waals surface area contributed by atoms with Crippen molar-refractivity contribution in [2.75, 3.05) is 6.61 Å². The summed E-state index contributed by atoms with van der Waals surface area (Å²) < 4.78 is 5.20. The van der Waals surface area contributed by atoms with E-state index in [0.29, 0.717) is 18.1 Å². The fourth-order valence-corrected chi connectivity index (χ4v) is 2.48. The maximum Gasteiger partial charge on any atom is 0.313 e. The second-order valence-electron chi connectivity index (χ2n) is 4.71. The highest BCUT2D eigenvalue weighted by Gasteiger charge is 2.15. The predicted octanol–water partition coefficient (Wildman–Crippen LogP) is 4.08. The molecule has 0 bridgehead atoms. The van der Waals surface area contributed by atoms with Crippen LogP contribution in [0.4, 0.5) is 0 Å². The van der Waals surface area contributed by atoms with E-state index in [1.165, 1.54) is 11.3 Å². The number of hydrogen-bond acceptors (Lipinski definition) is 4. The SMILES string of the molecule is CCCCC(CC)COC(=O)CC(=O)c1ccsc1. The molecule has 0 saturated heterocycles. The molecule has 0 N–H and O–H groups in total. The summed E-state index contributed by atoms with van der Waals surface area (Å²) >= 11 is 1.45. The van der Waals surface area contributed by atoms with Gasteiger partial charge < -0.3 is 4.74 Å². The number of unbranched alkanes of at least 4 members (excludes halogenated alkanes) is 1. The maximum atomic E-state index is 11.7. The number of rotatable bonds is 9. The monoisotopic (exact) mass is 282 g/mol. The van der Waals surface area contributed by atoms with Crippen molar-refractivity contribution >= 4 is 23.1 Å². The summed E-state index contributed by atoms with van der Waals surface area (Å²) in [7, 11) is 0. The summed E-state index contributed by atoms with van der Waals surface area (Å²) in [5.74, 6) is -0.154. The third kappa shape index (κ3) is 6.01. The minimum absolute atomic E-state index is 0.152. The van der Waals surface area contributed by atoms with Gasteiger partial charge in [-0.05, 0) is 23.8 Å².